The van der Waals surface area contributed by atoms with Crippen molar-refractivity contribution in [3.63, 3.8) is 0 Å². The van der Waals surface area contributed by atoms with Gasteiger partial charge in [-0.05, 0) is 69.1 Å². The Morgan fingerprint density at radius 1 is 0.330 bits per heavy atom. The fraction of sp³-hybridized carbons (Fsp3) is 0.901. The van der Waals surface area contributed by atoms with Crippen LogP contribution in [0.5, 0.6) is 0 Å². The number of carbonyl (C=O) groups is 4. The van der Waals surface area contributed by atoms with Gasteiger partial charge in [0, 0.05) is 25.7 Å². The molecule has 0 aromatic heterocycles. The number of aliphatic hydroxyl groups excluding tert-OH is 1. The molecule has 6 atom stereocenters. The van der Waals surface area contributed by atoms with Crippen molar-refractivity contribution in [2.24, 2.45) is 17.8 Å². The molecular formula is C81H154O17P2. The van der Waals surface area contributed by atoms with Crippen LogP contribution in [0, 0.1) is 17.8 Å². The molecule has 0 heterocycles. The lowest BCUT2D eigenvalue weighted by Crippen LogP contribution is -2.30. The number of ether oxygens (including phenoxy) is 4. The monoisotopic (exact) mass is 1460 g/mol. The molecule has 0 rings (SSSR count). The molecule has 0 spiro atoms. The van der Waals surface area contributed by atoms with Crippen LogP contribution in [0.2, 0.25) is 0 Å². The third-order valence-electron chi connectivity index (χ3n) is 18.6. The van der Waals surface area contributed by atoms with E-state index in [1.54, 1.807) is 0 Å². The average Bonchev–Trinajstić information content (AvgIpc) is 0.915. The van der Waals surface area contributed by atoms with Crippen LogP contribution in [0.4, 0.5) is 0 Å². The lowest BCUT2D eigenvalue weighted by atomic mass is 9.99. The summed E-state index contributed by atoms with van der Waals surface area (Å²) in [5.74, 6) is 0.187. The third kappa shape index (κ3) is 72.5. The molecule has 0 fully saturated rings. The SMILES string of the molecule is CCCCCC/C=C\C=C/CCCCCCCC(=O)O[C@H](COC(=O)CCCCCCCCCCCCCCCCCCCCC(C)CC)COP(=O)(O)OCC(O)COP(=O)(O)OC[C@@H](COC(=O)CCCCCCCCCCC(C)C)OC(=O)CCCCCCCCCCCC(C)C. The molecule has 3 N–H and O–H groups in total. The first-order valence-corrected chi connectivity index (χ1v) is 44.2. The van der Waals surface area contributed by atoms with E-state index in [9.17, 15) is 43.2 Å². The van der Waals surface area contributed by atoms with Crippen molar-refractivity contribution in [1.82, 2.24) is 0 Å². The topological polar surface area (TPSA) is 237 Å². The Labute approximate surface area is 612 Å². The normalized spacial score (nSPS) is 14.4. The van der Waals surface area contributed by atoms with Crippen LogP contribution in [0.1, 0.15) is 395 Å². The summed E-state index contributed by atoms with van der Waals surface area (Å²) in [4.78, 5) is 72.9. The maximum absolute atomic E-state index is 13.1. The van der Waals surface area contributed by atoms with Crippen LogP contribution in [0.15, 0.2) is 24.3 Å². The molecule has 0 saturated carbocycles. The quantitative estimate of drug-likeness (QED) is 0.0169. The fourth-order valence-corrected chi connectivity index (χ4v) is 13.5. The van der Waals surface area contributed by atoms with E-state index in [4.69, 9.17) is 37.0 Å². The first-order chi connectivity index (χ1) is 48.3. The van der Waals surface area contributed by atoms with Crippen LogP contribution >= 0.6 is 15.6 Å². The van der Waals surface area contributed by atoms with Crippen LogP contribution in [-0.2, 0) is 65.4 Å². The molecule has 0 aromatic rings. The van der Waals surface area contributed by atoms with Gasteiger partial charge >= 0.3 is 39.5 Å². The van der Waals surface area contributed by atoms with Crippen LogP contribution < -0.4 is 0 Å². The van der Waals surface area contributed by atoms with Crippen molar-refractivity contribution in [2.75, 3.05) is 39.6 Å². The highest BCUT2D eigenvalue weighted by Crippen LogP contribution is 2.45. The molecule has 0 aliphatic rings. The fourth-order valence-electron chi connectivity index (χ4n) is 11.9. The third-order valence-corrected chi connectivity index (χ3v) is 20.5. The molecule has 590 valence electrons. The second kappa shape index (κ2) is 70.8. The van der Waals surface area contributed by atoms with Gasteiger partial charge in [0.2, 0.25) is 0 Å². The molecule has 0 amide bonds. The Hall–Kier alpha value is -2.46. The molecule has 0 aromatic carbocycles. The summed E-state index contributed by atoms with van der Waals surface area (Å²) in [5.41, 5.74) is 0. The summed E-state index contributed by atoms with van der Waals surface area (Å²) in [6.07, 6.45) is 62.0. The number of aliphatic hydroxyl groups is 1. The zero-order valence-electron chi connectivity index (χ0n) is 65.2. The summed E-state index contributed by atoms with van der Waals surface area (Å²) >= 11 is 0. The molecule has 17 nitrogen and oxygen atoms in total. The van der Waals surface area contributed by atoms with Gasteiger partial charge in [0.15, 0.2) is 12.2 Å². The molecule has 0 aliphatic heterocycles. The summed E-state index contributed by atoms with van der Waals surface area (Å²) < 4.78 is 68.6. The van der Waals surface area contributed by atoms with Crippen LogP contribution in [0.3, 0.4) is 0 Å². The number of carbonyl (C=O) groups excluding carboxylic acids is 4. The van der Waals surface area contributed by atoms with Crippen molar-refractivity contribution >= 4 is 39.5 Å². The Balaban J connectivity index is 5.23. The molecule has 0 radical (unpaired) electrons. The van der Waals surface area contributed by atoms with Gasteiger partial charge in [-0.1, -0.05) is 342 Å². The Bertz CT molecular complexity index is 2040. The van der Waals surface area contributed by atoms with Crippen molar-refractivity contribution in [1.29, 1.82) is 0 Å². The van der Waals surface area contributed by atoms with E-state index in [2.05, 4.69) is 72.8 Å². The van der Waals surface area contributed by atoms with E-state index in [0.29, 0.717) is 25.7 Å². The number of rotatable bonds is 77. The molecule has 100 heavy (non-hydrogen) atoms. The minimum atomic E-state index is -4.97. The van der Waals surface area contributed by atoms with Gasteiger partial charge in [-0.2, -0.15) is 0 Å². The van der Waals surface area contributed by atoms with Crippen molar-refractivity contribution in [2.45, 2.75) is 414 Å². The molecule has 0 aliphatic carbocycles. The van der Waals surface area contributed by atoms with Crippen LogP contribution in [-0.4, -0.2) is 96.7 Å². The van der Waals surface area contributed by atoms with Gasteiger partial charge in [-0.3, -0.25) is 37.3 Å². The predicted molar refractivity (Wildman–Crippen MR) is 409 cm³/mol. The molecular weight excluding hydrogens is 1310 g/mol. The largest absolute Gasteiger partial charge is 0.472 e. The Kier molecular flexibility index (Phi) is 69.1. The van der Waals surface area contributed by atoms with E-state index in [0.717, 1.165) is 120 Å². The van der Waals surface area contributed by atoms with Crippen molar-refractivity contribution < 1.29 is 80.2 Å². The highest BCUT2D eigenvalue weighted by molar-refractivity contribution is 7.47. The number of hydrogen-bond donors (Lipinski definition) is 3. The number of phosphoric ester groups is 2. The highest BCUT2D eigenvalue weighted by Gasteiger charge is 2.30. The van der Waals surface area contributed by atoms with Gasteiger partial charge in [0.1, 0.15) is 19.3 Å². The van der Waals surface area contributed by atoms with E-state index in [1.807, 2.05) is 0 Å². The minimum absolute atomic E-state index is 0.0852. The first kappa shape index (κ1) is 97.5. The maximum Gasteiger partial charge on any atom is 0.472 e. The number of phosphoric acid groups is 2. The molecule has 19 heteroatoms. The van der Waals surface area contributed by atoms with Gasteiger partial charge in [-0.15, -0.1) is 0 Å². The standard InChI is InChI=1S/C81H154O17P2/c1-8-10-11-12-13-14-15-16-21-26-29-34-43-50-57-64-80(85)97-76(68-91-78(83)62-55-48-41-33-28-25-23-20-18-17-19-22-24-27-32-40-47-54-61-74(7)9-2)70-95-99(87,88)93-66-75(82)67-94-100(89,90)96-71-77(69-92-79(84)63-56-49-42-37-36-39-46-53-60-73(5)6)98-81(86)65-58-51-44-35-30-31-38-45-52-59-72(3)4/h14-16,21,72-77,82H,8-13,17-20,22-71H2,1-7H3,(H,87,88)(H,89,90)/b15-14-,21-16-/t74?,75?,76-,77-/m1/s1. The number of unbranched alkanes of at least 4 members (excludes halogenated alkanes) is 41. The molecule has 0 bridgehead atoms. The maximum atomic E-state index is 13.1. The Morgan fingerprint density at radius 3 is 0.890 bits per heavy atom. The zero-order chi connectivity index (χ0) is 73.7. The van der Waals surface area contributed by atoms with Crippen LogP contribution in [0.25, 0.3) is 0 Å². The smallest absolute Gasteiger partial charge is 0.462 e. The summed E-state index contributed by atoms with van der Waals surface area (Å²) in [7, 11) is -9.93. The number of esters is 4. The first-order valence-electron chi connectivity index (χ1n) is 41.2. The van der Waals surface area contributed by atoms with Gasteiger partial charge in [0.25, 0.3) is 0 Å². The van der Waals surface area contributed by atoms with E-state index < -0.39 is 97.5 Å². The second-order valence-corrected chi connectivity index (χ2v) is 32.6. The predicted octanol–water partition coefficient (Wildman–Crippen LogP) is 23.7. The average molecular weight is 1460 g/mol. The molecule has 4 unspecified atom stereocenters. The lowest BCUT2D eigenvalue weighted by molar-refractivity contribution is -0.161. The number of hydrogen-bond acceptors (Lipinski definition) is 15. The molecule has 0 saturated heterocycles. The van der Waals surface area contributed by atoms with Gasteiger partial charge in [-0.25, -0.2) is 9.13 Å². The van der Waals surface area contributed by atoms with E-state index in [1.165, 1.54) is 193 Å². The van der Waals surface area contributed by atoms with E-state index >= 15 is 0 Å². The van der Waals surface area contributed by atoms with Gasteiger partial charge in [0.05, 0.1) is 26.4 Å². The minimum Gasteiger partial charge on any atom is -0.462 e. The second-order valence-electron chi connectivity index (χ2n) is 29.7. The summed E-state index contributed by atoms with van der Waals surface area (Å²) in [6, 6.07) is 0. The van der Waals surface area contributed by atoms with Crippen molar-refractivity contribution in [3.8, 4) is 0 Å². The highest BCUT2D eigenvalue weighted by atomic mass is 31.2. The lowest BCUT2D eigenvalue weighted by Gasteiger charge is -2.21. The van der Waals surface area contributed by atoms with Gasteiger partial charge < -0.3 is 33.8 Å². The zero-order valence-corrected chi connectivity index (χ0v) is 66.9. The Morgan fingerprint density at radius 2 is 0.590 bits per heavy atom. The summed E-state index contributed by atoms with van der Waals surface area (Å²) in [6.45, 7) is 11.9. The summed E-state index contributed by atoms with van der Waals surface area (Å²) in [5, 5.41) is 10.6. The van der Waals surface area contributed by atoms with Crippen molar-refractivity contribution in [3.05, 3.63) is 24.3 Å². The van der Waals surface area contributed by atoms with E-state index in [-0.39, 0.29) is 25.7 Å². The number of allylic oxidation sites excluding steroid dienone is 4.